The summed E-state index contributed by atoms with van der Waals surface area (Å²) in [5.74, 6) is 1.76. The van der Waals surface area contributed by atoms with Crippen molar-refractivity contribution in [2.45, 2.75) is 33.1 Å². The van der Waals surface area contributed by atoms with Crippen molar-refractivity contribution in [2.75, 3.05) is 69.1 Å². The van der Waals surface area contributed by atoms with Crippen LogP contribution in [0, 0.1) is 6.92 Å². The van der Waals surface area contributed by atoms with Gasteiger partial charge in [0, 0.05) is 55.7 Å². The molecule has 6 nitrogen and oxygen atoms in total. The predicted molar refractivity (Wildman–Crippen MR) is 125 cm³/mol. The average Bonchev–Trinajstić information content (AvgIpc) is 3.32. The van der Waals surface area contributed by atoms with E-state index in [0.29, 0.717) is 0 Å². The minimum absolute atomic E-state index is 0.796. The molecule has 0 amide bonds. The van der Waals surface area contributed by atoms with Crippen LogP contribution in [-0.4, -0.2) is 78.7 Å². The van der Waals surface area contributed by atoms with Gasteiger partial charge in [0.25, 0.3) is 0 Å². The number of aromatic nitrogens is 2. The second-order valence-electron chi connectivity index (χ2n) is 8.52. The van der Waals surface area contributed by atoms with E-state index in [1.165, 1.54) is 38.2 Å². The summed E-state index contributed by atoms with van der Waals surface area (Å²) < 4.78 is 0. The van der Waals surface area contributed by atoms with Crippen LogP contribution in [0.25, 0.3) is 11.4 Å². The Balaban J connectivity index is 1.34. The molecule has 2 saturated heterocycles. The van der Waals surface area contributed by atoms with Crippen LogP contribution >= 0.6 is 0 Å². The summed E-state index contributed by atoms with van der Waals surface area (Å²) in [7, 11) is 0. The molecule has 0 atom stereocenters. The standard InChI is InChI=1S/C24H36N6/c1-3-28-15-17-30(18-16-28)22-9-7-21(8-10-22)24-26-19-20(2)23(27-24)25-11-6-14-29-12-4-5-13-29/h7-10,19H,3-6,11-18H2,1-2H3,(H,25,26,27). The zero-order valence-corrected chi connectivity index (χ0v) is 18.6. The van der Waals surface area contributed by atoms with Crippen LogP contribution < -0.4 is 10.2 Å². The van der Waals surface area contributed by atoms with E-state index < -0.39 is 0 Å². The molecule has 0 aliphatic carbocycles. The highest BCUT2D eigenvalue weighted by Crippen LogP contribution is 2.23. The molecule has 2 aliphatic heterocycles. The Bertz CT molecular complexity index is 792. The second-order valence-corrected chi connectivity index (χ2v) is 8.52. The molecular formula is C24H36N6. The molecule has 1 N–H and O–H groups in total. The summed E-state index contributed by atoms with van der Waals surface area (Å²) in [6.07, 6.45) is 5.80. The minimum atomic E-state index is 0.796. The molecule has 30 heavy (non-hydrogen) atoms. The Kier molecular flexibility index (Phi) is 7.18. The molecule has 6 heteroatoms. The number of likely N-dealkylation sites (N-methyl/N-ethyl adjacent to an activating group) is 1. The van der Waals surface area contributed by atoms with Gasteiger partial charge in [-0.1, -0.05) is 6.92 Å². The fraction of sp³-hybridized carbons (Fsp3) is 0.583. The number of nitrogens with one attached hydrogen (secondary N) is 1. The lowest BCUT2D eigenvalue weighted by atomic mass is 10.1. The zero-order chi connectivity index (χ0) is 20.8. The minimum Gasteiger partial charge on any atom is -0.370 e. The smallest absolute Gasteiger partial charge is 0.161 e. The van der Waals surface area contributed by atoms with Gasteiger partial charge in [0.1, 0.15) is 5.82 Å². The maximum atomic E-state index is 4.82. The Morgan fingerprint density at radius 3 is 2.37 bits per heavy atom. The quantitative estimate of drug-likeness (QED) is 0.675. The number of aryl methyl sites for hydroxylation is 1. The summed E-state index contributed by atoms with van der Waals surface area (Å²) in [5.41, 5.74) is 3.47. The number of rotatable bonds is 8. The highest BCUT2D eigenvalue weighted by atomic mass is 15.3. The Hall–Kier alpha value is -2.18. The average molecular weight is 409 g/mol. The Morgan fingerprint density at radius 2 is 1.67 bits per heavy atom. The number of benzene rings is 1. The third-order valence-corrected chi connectivity index (χ3v) is 6.42. The van der Waals surface area contributed by atoms with Crippen LogP contribution in [0.5, 0.6) is 0 Å². The first-order chi connectivity index (χ1) is 14.7. The third-order valence-electron chi connectivity index (χ3n) is 6.42. The first-order valence-corrected chi connectivity index (χ1v) is 11.6. The van der Waals surface area contributed by atoms with E-state index in [9.17, 15) is 0 Å². The molecule has 4 rings (SSSR count). The van der Waals surface area contributed by atoms with E-state index in [0.717, 1.165) is 68.5 Å². The van der Waals surface area contributed by atoms with Crippen molar-refractivity contribution in [1.82, 2.24) is 19.8 Å². The highest BCUT2D eigenvalue weighted by Gasteiger charge is 2.16. The largest absolute Gasteiger partial charge is 0.370 e. The molecule has 1 aromatic carbocycles. The van der Waals surface area contributed by atoms with Crippen LogP contribution in [0.15, 0.2) is 30.5 Å². The lowest BCUT2D eigenvalue weighted by Crippen LogP contribution is -2.46. The van der Waals surface area contributed by atoms with Crippen molar-refractivity contribution in [1.29, 1.82) is 0 Å². The molecule has 0 saturated carbocycles. The van der Waals surface area contributed by atoms with Gasteiger partial charge in [0.05, 0.1) is 0 Å². The number of likely N-dealkylation sites (tertiary alicyclic amines) is 1. The van der Waals surface area contributed by atoms with Crippen LogP contribution in [0.3, 0.4) is 0 Å². The summed E-state index contributed by atoms with van der Waals surface area (Å²) in [6.45, 7) is 14.6. The summed E-state index contributed by atoms with van der Waals surface area (Å²) >= 11 is 0. The molecule has 3 heterocycles. The Morgan fingerprint density at radius 1 is 0.933 bits per heavy atom. The van der Waals surface area contributed by atoms with Crippen molar-refractivity contribution in [3.63, 3.8) is 0 Å². The fourth-order valence-corrected chi connectivity index (χ4v) is 4.42. The van der Waals surface area contributed by atoms with Crippen LogP contribution in [0.4, 0.5) is 11.5 Å². The maximum Gasteiger partial charge on any atom is 0.161 e. The Labute approximate surface area is 181 Å². The predicted octanol–water partition coefficient (Wildman–Crippen LogP) is 3.49. The van der Waals surface area contributed by atoms with E-state index >= 15 is 0 Å². The zero-order valence-electron chi connectivity index (χ0n) is 18.6. The molecule has 2 aromatic rings. The van der Waals surface area contributed by atoms with E-state index in [4.69, 9.17) is 4.98 Å². The van der Waals surface area contributed by atoms with Crippen LogP contribution in [0.1, 0.15) is 31.7 Å². The molecule has 2 fully saturated rings. The van der Waals surface area contributed by atoms with Crippen LogP contribution in [0.2, 0.25) is 0 Å². The van der Waals surface area contributed by atoms with Gasteiger partial charge < -0.3 is 20.0 Å². The van der Waals surface area contributed by atoms with Gasteiger partial charge in [-0.2, -0.15) is 0 Å². The lowest BCUT2D eigenvalue weighted by molar-refractivity contribution is 0.271. The molecule has 0 spiro atoms. The number of hydrogen-bond donors (Lipinski definition) is 1. The molecule has 0 unspecified atom stereocenters. The van der Waals surface area contributed by atoms with E-state index in [1.807, 2.05) is 6.20 Å². The molecule has 2 aliphatic rings. The molecule has 0 radical (unpaired) electrons. The van der Waals surface area contributed by atoms with Gasteiger partial charge in [0.15, 0.2) is 5.82 Å². The van der Waals surface area contributed by atoms with E-state index in [1.54, 1.807) is 0 Å². The van der Waals surface area contributed by atoms with E-state index in [-0.39, 0.29) is 0 Å². The topological polar surface area (TPSA) is 47.5 Å². The van der Waals surface area contributed by atoms with Gasteiger partial charge in [0.2, 0.25) is 0 Å². The van der Waals surface area contributed by atoms with Crippen molar-refractivity contribution >= 4 is 11.5 Å². The monoisotopic (exact) mass is 408 g/mol. The number of piperazine rings is 1. The van der Waals surface area contributed by atoms with E-state index in [2.05, 4.69) is 63.1 Å². The number of anilines is 2. The summed E-state index contributed by atoms with van der Waals surface area (Å²) in [6, 6.07) is 8.74. The second kappa shape index (κ2) is 10.2. The molecular weight excluding hydrogens is 372 g/mol. The van der Waals surface area contributed by atoms with Gasteiger partial charge in [-0.15, -0.1) is 0 Å². The maximum absolute atomic E-state index is 4.82. The van der Waals surface area contributed by atoms with Gasteiger partial charge in [-0.3, -0.25) is 0 Å². The van der Waals surface area contributed by atoms with Crippen molar-refractivity contribution in [2.24, 2.45) is 0 Å². The highest BCUT2D eigenvalue weighted by molar-refractivity contribution is 5.62. The number of nitrogens with zero attached hydrogens (tertiary/aromatic N) is 5. The summed E-state index contributed by atoms with van der Waals surface area (Å²) in [4.78, 5) is 16.9. The van der Waals surface area contributed by atoms with Gasteiger partial charge >= 0.3 is 0 Å². The fourth-order valence-electron chi connectivity index (χ4n) is 4.42. The van der Waals surface area contributed by atoms with Gasteiger partial charge in [-0.05, 0) is 76.6 Å². The van der Waals surface area contributed by atoms with Gasteiger partial charge in [-0.25, -0.2) is 9.97 Å². The summed E-state index contributed by atoms with van der Waals surface area (Å²) in [5, 5.41) is 3.53. The van der Waals surface area contributed by atoms with Crippen molar-refractivity contribution in [3.05, 3.63) is 36.0 Å². The lowest BCUT2D eigenvalue weighted by Gasteiger charge is -2.35. The molecule has 1 aromatic heterocycles. The van der Waals surface area contributed by atoms with Crippen molar-refractivity contribution in [3.8, 4) is 11.4 Å². The van der Waals surface area contributed by atoms with Crippen LogP contribution in [-0.2, 0) is 0 Å². The first-order valence-electron chi connectivity index (χ1n) is 11.6. The molecule has 0 bridgehead atoms. The third kappa shape index (κ3) is 5.29. The first kappa shape index (κ1) is 21.1. The van der Waals surface area contributed by atoms with Crippen molar-refractivity contribution < 1.29 is 0 Å². The number of hydrogen-bond acceptors (Lipinski definition) is 6. The molecule has 162 valence electrons. The SMILES string of the molecule is CCN1CCN(c2ccc(-c3ncc(C)c(NCCCN4CCCC4)n3)cc2)CC1. The normalized spacial score (nSPS) is 18.1.